The molecule has 1 aromatic carbocycles. The van der Waals surface area contributed by atoms with E-state index in [-0.39, 0.29) is 5.69 Å². The Morgan fingerprint density at radius 2 is 2.22 bits per heavy atom. The first kappa shape index (κ1) is 14.4. The van der Waals surface area contributed by atoms with Crippen LogP contribution >= 0.6 is 0 Å². The molecule has 1 N–H and O–H groups in total. The molecule has 0 fully saturated rings. The highest BCUT2D eigenvalue weighted by Crippen LogP contribution is 2.28. The van der Waals surface area contributed by atoms with Gasteiger partial charge in [-0.15, -0.1) is 0 Å². The number of ether oxygens (including phenoxy) is 1. The summed E-state index contributed by atoms with van der Waals surface area (Å²) in [6.45, 7) is 2.14. The number of benzene rings is 1. The summed E-state index contributed by atoms with van der Waals surface area (Å²) in [5.41, 5.74) is 1.06. The molecule has 0 saturated heterocycles. The lowest BCUT2D eigenvalue weighted by Gasteiger charge is -2.15. The maximum Gasteiger partial charge on any atom is 0.310 e. The minimum atomic E-state index is -0.426. The van der Waals surface area contributed by atoms with E-state index in [9.17, 15) is 10.1 Å². The summed E-state index contributed by atoms with van der Waals surface area (Å²) >= 11 is 0. The minimum absolute atomic E-state index is 0.0118. The average molecular weight is 252 g/mol. The Morgan fingerprint density at radius 3 is 2.72 bits per heavy atom. The number of hydrogen-bond donors (Lipinski definition) is 1. The van der Waals surface area contributed by atoms with E-state index in [0.717, 1.165) is 24.8 Å². The third-order valence-corrected chi connectivity index (χ3v) is 2.97. The summed E-state index contributed by atoms with van der Waals surface area (Å²) in [6, 6.07) is 5.44. The van der Waals surface area contributed by atoms with Gasteiger partial charge in [-0.1, -0.05) is 19.4 Å². The molecule has 0 saturated carbocycles. The van der Waals surface area contributed by atoms with Gasteiger partial charge in [-0.25, -0.2) is 0 Å². The minimum Gasteiger partial charge on any atom is -0.490 e. The Kier molecular flexibility index (Phi) is 5.58. The summed E-state index contributed by atoms with van der Waals surface area (Å²) in [7, 11) is 3.39. The van der Waals surface area contributed by atoms with Gasteiger partial charge in [0, 0.05) is 12.1 Å². The Labute approximate surface area is 107 Å². The van der Waals surface area contributed by atoms with Crippen molar-refractivity contribution in [3.63, 3.8) is 0 Å². The second-order valence-electron chi connectivity index (χ2n) is 4.24. The highest BCUT2D eigenvalue weighted by atomic mass is 16.6. The summed E-state index contributed by atoms with van der Waals surface area (Å²) in [4.78, 5) is 10.4. The highest BCUT2D eigenvalue weighted by Gasteiger charge is 2.15. The molecule has 0 spiro atoms. The predicted octanol–water partition coefficient (Wildman–Crippen LogP) is 2.53. The first-order valence-electron chi connectivity index (χ1n) is 6.10. The van der Waals surface area contributed by atoms with Crippen LogP contribution in [-0.4, -0.2) is 25.1 Å². The van der Waals surface area contributed by atoms with Crippen LogP contribution in [0, 0.1) is 10.1 Å². The van der Waals surface area contributed by atoms with Gasteiger partial charge in [0.15, 0.2) is 5.75 Å². The molecule has 0 aliphatic rings. The van der Waals surface area contributed by atoms with Crippen molar-refractivity contribution < 1.29 is 9.66 Å². The molecule has 100 valence electrons. The van der Waals surface area contributed by atoms with Crippen LogP contribution in [0.15, 0.2) is 18.2 Å². The quantitative estimate of drug-likeness (QED) is 0.598. The lowest BCUT2D eigenvalue weighted by Crippen LogP contribution is -2.27. The SMILES string of the molecule is CCCC(Cc1ccc([N+](=O)[O-])c(OC)c1)NC. The summed E-state index contributed by atoms with van der Waals surface area (Å²) in [6.07, 6.45) is 3.03. The number of rotatable bonds is 7. The monoisotopic (exact) mass is 252 g/mol. The summed E-state index contributed by atoms with van der Waals surface area (Å²) < 4.78 is 5.06. The molecular formula is C13H20N2O3. The molecule has 1 unspecified atom stereocenters. The van der Waals surface area contributed by atoms with Crippen molar-refractivity contribution in [2.24, 2.45) is 0 Å². The number of nitro benzene ring substituents is 1. The lowest BCUT2D eigenvalue weighted by molar-refractivity contribution is -0.385. The number of hydrogen-bond acceptors (Lipinski definition) is 4. The second kappa shape index (κ2) is 6.96. The van der Waals surface area contributed by atoms with E-state index in [2.05, 4.69) is 12.2 Å². The molecule has 18 heavy (non-hydrogen) atoms. The van der Waals surface area contributed by atoms with Crippen LogP contribution in [-0.2, 0) is 6.42 Å². The van der Waals surface area contributed by atoms with Crippen molar-refractivity contribution in [3.8, 4) is 5.75 Å². The van der Waals surface area contributed by atoms with Gasteiger partial charge in [-0.05, 0) is 31.5 Å². The van der Waals surface area contributed by atoms with E-state index in [0.29, 0.717) is 11.8 Å². The second-order valence-corrected chi connectivity index (χ2v) is 4.24. The Balaban J connectivity index is 2.88. The van der Waals surface area contributed by atoms with Gasteiger partial charge in [0.05, 0.1) is 12.0 Å². The average Bonchev–Trinajstić information content (AvgIpc) is 2.37. The molecule has 0 amide bonds. The first-order valence-corrected chi connectivity index (χ1v) is 6.10. The molecule has 0 aliphatic carbocycles. The zero-order valence-electron chi connectivity index (χ0n) is 11.1. The Bertz CT molecular complexity index is 407. The zero-order valence-corrected chi connectivity index (χ0v) is 11.1. The highest BCUT2D eigenvalue weighted by molar-refractivity contribution is 5.48. The predicted molar refractivity (Wildman–Crippen MR) is 71.1 cm³/mol. The van der Waals surface area contributed by atoms with Crippen molar-refractivity contribution in [1.82, 2.24) is 5.32 Å². The van der Waals surface area contributed by atoms with Crippen LogP contribution in [0.25, 0.3) is 0 Å². The maximum atomic E-state index is 10.8. The van der Waals surface area contributed by atoms with Crippen molar-refractivity contribution >= 4 is 5.69 Å². The molecule has 1 rings (SSSR count). The third-order valence-electron chi connectivity index (χ3n) is 2.97. The molecule has 0 aromatic heterocycles. The summed E-state index contributed by atoms with van der Waals surface area (Å²) in [5.74, 6) is 0.323. The number of nitro groups is 1. The van der Waals surface area contributed by atoms with Gasteiger partial charge in [0.1, 0.15) is 0 Å². The van der Waals surface area contributed by atoms with Crippen molar-refractivity contribution in [1.29, 1.82) is 0 Å². The number of likely N-dealkylation sites (N-methyl/N-ethyl adjacent to an activating group) is 1. The smallest absolute Gasteiger partial charge is 0.310 e. The van der Waals surface area contributed by atoms with Gasteiger partial charge in [-0.3, -0.25) is 10.1 Å². The van der Waals surface area contributed by atoms with Crippen LogP contribution in [0.2, 0.25) is 0 Å². The number of methoxy groups -OCH3 is 1. The van der Waals surface area contributed by atoms with Crippen LogP contribution in [0.3, 0.4) is 0 Å². The van der Waals surface area contributed by atoms with Crippen molar-refractivity contribution in [3.05, 3.63) is 33.9 Å². The van der Waals surface area contributed by atoms with Gasteiger partial charge in [0.2, 0.25) is 0 Å². The molecule has 0 radical (unpaired) electrons. The fourth-order valence-electron chi connectivity index (χ4n) is 1.98. The van der Waals surface area contributed by atoms with E-state index in [1.54, 1.807) is 12.1 Å². The Hall–Kier alpha value is -1.62. The van der Waals surface area contributed by atoms with E-state index < -0.39 is 4.92 Å². The molecule has 5 nitrogen and oxygen atoms in total. The van der Waals surface area contributed by atoms with Gasteiger partial charge >= 0.3 is 5.69 Å². The summed E-state index contributed by atoms with van der Waals surface area (Å²) in [5, 5.41) is 14.0. The van der Waals surface area contributed by atoms with Crippen LogP contribution in [0.5, 0.6) is 5.75 Å². The number of nitrogens with zero attached hydrogens (tertiary/aromatic N) is 1. The van der Waals surface area contributed by atoms with Crippen LogP contribution in [0.4, 0.5) is 5.69 Å². The van der Waals surface area contributed by atoms with Crippen LogP contribution < -0.4 is 10.1 Å². The standard InChI is InChI=1S/C13H20N2O3/c1-4-5-11(14-2)8-10-6-7-12(15(16)17)13(9-10)18-3/h6-7,9,11,14H,4-5,8H2,1-3H3. The molecule has 1 aromatic rings. The normalized spacial score (nSPS) is 12.2. The van der Waals surface area contributed by atoms with Gasteiger partial charge < -0.3 is 10.1 Å². The topological polar surface area (TPSA) is 64.4 Å². The molecule has 0 bridgehead atoms. The van der Waals surface area contributed by atoms with Gasteiger partial charge in [0.25, 0.3) is 0 Å². The largest absolute Gasteiger partial charge is 0.490 e. The lowest BCUT2D eigenvalue weighted by atomic mass is 10.0. The maximum absolute atomic E-state index is 10.8. The van der Waals surface area contributed by atoms with E-state index in [1.807, 2.05) is 7.05 Å². The third kappa shape index (κ3) is 3.70. The fourth-order valence-corrected chi connectivity index (χ4v) is 1.98. The molecule has 5 heteroatoms. The molecular weight excluding hydrogens is 232 g/mol. The molecule has 0 aliphatic heterocycles. The Morgan fingerprint density at radius 1 is 1.50 bits per heavy atom. The fraction of sp³-hybridized carbons (Fsp3) is 0.538. The molecule has 1 atom stereocenters. The zero-order chi connectivity index (χ0) is 13.5. The first-order chi connectivity index (χ1) is 8.62. The van der Waals surface area contributed by atoms with E-state index >= 15 is 0 Å². The van der Waals surface area contributed by atoms with Crippen molar-refractivity contribution in [2.75, 3.05) is 14.2 Å². The van der Waals surface area contributed by atoms with Crippen LogP contribution in [0.1, 0.15) is 25.3 Å². The van der Waals surface area contributed by atoms with E-state index in [4.69, 9.17) is 4.74 Å². The van der Waals surface area contributed by atoms with Crippen molar-refractivity contribution in [2.45, 2.75) is 32.2 Å². The van der Waals surface area contributed by atoms with Gasteiger partial charge in [-0.2, -0.15) is 0 Å². The van der Waals surface area contributed by atoms with E-state index in [1.165, 1.54) is 13.2 Å². The number of nitrogens with one attached hydrogen (secondary N) is 1. The molecule has 0 heterocycles.